The molecule has 0 saturated heterocycles. The molecule has 1 saturated carbocycles. The first-order valence-corrected chi connectivity index (χ1v) is 7.41. The highest BCUT2D eigenvalue weighted by Gasteiger charge is 2.19. The summed E-state index contributed by atoms with van der Waals surface area (Å²) >= 11 is 0. The zero-order valence-electron chi connectivity index (χ0n) is 9.72. The minimum Gasteiger partial charge on any atom is -0.399 e. The minimum absolute atomic E-state index is 0.242. The van der Waals surface area contributed by atoms with Gasteiger partial charge >= 0.3 is 0 Å². The van der Waals surface area contributed by atoms with E-state index in [1.165, 1.54) is 25.3 Å². The van der Waals surface area contributed by atoms with Crippen LogP contribution in [0.1, 0.15) is 25.7 Å². The van der Waals surface area contributed by atoms with E-state index in [4.69, 9.17) is 5.73 Å². The normalized spacial score (nSPS) is 16.7. The van der Waals surface area contributed by atoms with Crippen LogP contribution in [0.3, 0.4) is 0 Å². The summed E-state index contributed by atoms with van der Waals surface area (Å²) in [5.74, 6) is 0.707. The van der Waals surface area contributed by atoms with Crippen LogP contribution in [0, 0.1) is 5.92 Å². The first kappa shape index (κ1) is 12.4. The second-order valence-corrected chi connectivity index (χ2v) is 6.32. The van der Waals surface area contributed by atoms with Crippen molar-refractivity contribution in [3.63, 3.8) is 0 Å². The van der Waals surface area contributed by atoms with E-state index in [9.17, 15) is 8.42 Å². The molecule has 0 radical (unpaired) electrons. The summed E-state index contributed by atoms with van der Waals surface area (Å²) in [6.45, 7) is 0.516. The average Bonchev–Trinajstić information content (AvgIpc) is 2.22. The van der Waals surface area contributed by atoms with Crippen LogP contribution < -0.4 is 10.5 Å². The number of nitrogens with one attached hydrogen (secondary N) is 1. The molecular weight excluding hydrogens is 236 g/mol. The molecule has 0 spiro atoms. The van der Waals surface area contributed by atoms with Crippen LogP contribution in [-0.4, -0.2) is 15.0 Å². The number of hydrogen-bond donors (Lipinski definition) is 2. The molecule has 0 amide bonds. The molecule has 1 aromatic rings. The number of rotatable bonds is 5. The van der Waals surface area contributed by atoms with Gasteiger partial charge in [-0.3, -0.25) is 0 Å². The van der Waals surface area contributed by atoms with Crippen LogP contribution in [0.5, 0.6) is 0 Å². The predicted molar refractivity (Wildman–Crippen MR) is 68.0 cm³/mol. The summed E-state index contributed by atoms with van der Waals surface area (Å²) in [5.41, 5.74) is 6.04. The number of nitrogen functional groups attached to an aromatic ring is 1. The maximum absolute atomic E-state index is 11.9. The van der Waals surface area contributed by atoms with Gasteiger partial charge in [0.15, 0.2) is 0 Å². The Morgan fingerprint density at radius 1 is 1.35 bits per heavy atom. The molecule has 2 rings (SSSR count). The van der Waals surface area contributed by atoms with E-state index in [0.717, 1.165) is 6.42 Å². The van der Waals surface area contributed by atoms with Gasteiger partial charge in [0.05, 0.1) is 4.90 Å². The van der Waals surface area contributed by atoms with E-state index in [-0.39, 0.29) is 4.90 Å². The molecule has 0 heterocycles. The molecule has 17 heavy (non-hydrogen) atoms. The van der Waals surface area contributed by atoms with Gasteiger partial charge in [-0.05, 0) is 30.5 Å². The summed E-state index contributed by atoms with van der Waals surface area (Å²) in [6, 6.07) is 6.36. The van der Waals surface area contributed by atoms with E-state index in [1.807, 2.05) is 0 Å². The lowest BCUT2D eigenvalue weighted by atomic mass is 9.83. The van der Waals surface area contributed by atoms with Crippen molar-refractivity contribution in [2.75, 3.05) is 12.3 Å². The number of nitrogens with two attached hydrogens (primary N) is 1. The van der Waals surface area contributed by atoms with Gasteiger partial charge in [0.25, 0.3) is 0 Å². The largest absolute Gasteiger partial charge is 0.399 e. The van der Waals surface area contributed by atoms with E-state index in [1.54, 1.807) is 18.2 Å². The Balaban J connectivity index is 1.93. The molecule has 0 unspecified atom stereocenters. The Labute approximate surface area is 102 Å². The maximum Gasteiger partial charge on any atom is 0.240 e. The molecule has 1 aliphatic carbocycles. The van der Waals surface area contributed by atoms with Crippen molar-refractivity contribution >= 4 is 15.7 Å². The van der Waals surface area contributed by atoms with Crippen molar-refractivity contribution in [2.45, 2.75) is 30.6 Å². The van der Waals surface area contributed by atoms with Gasteiger partial charge in [0.2, 0.25) is 10.0 Å². The Morgan fingerprint density at radius 3 is 2.71 bits per heavy atom. The van der Waals surface area contributed by atoms with Crippen molar-refractivity contribution < 1.29 is 8.42 Å². The van der Waals surface area contributed by atoms with Crippen molar-refractivity contribution in [2.24, 2.45) is 5.92 Å². The Hall–Kier alpha value is -1.07. The predicted octanol–water partition coefficient (Wildman–Crippen LogP) is 1.74. The van der Waals surface area contributed by atoms with Gasteiger partial charge in [0.1, 0.15) is 0 Å². The Kier molecular flexibility index (Phi) is 3.69. The SMILES string of the molecule is Nc1cccc(S(=O)(=O)NCCC2CCC2)c1. The lowest BCUT2D eigenvalue weighted by Gasteiger charge is -2.25. The topological polar surface area (TPSA) is 72.2 Å². The fourth-order valence-electron chi connectivity index (χ4n) is 1.94. The summed E-state index contributed by atoms with van der Waals surface area (Å²) in [4.78, 5) is 0.242. The molecule has 94 valence electrons. The third kappa shape index (κ3) is 3.20. The van der Waals surface area contributed by atoms with Crippen molar-refractivity contribution in [3.05, 3.63) is 24.3 Å². The highest BCUT2D eigenvalue weighted by atomic mass is 32.2. The van der Waals surface area contributed by atoms with Crippen LogP contribution in [0.15, 0.2) is 29.2 Å². The Bertz CT molecular complexity index is 481. The third-order valence-electron chi connectivity index (χ3n) is 3.24. The summed E-state index contributed by atoms with van der Waals surface area (Å²) < 4.78 is 26.4. The van der Waals surface area contributed by atoms with Gasteiger partial charge in [-0.25, -0.2) is 13.1 Å². The lowest BCUT2D eigenvalue weighted by Crippen LogP contribution is -2.27. The molecule has 0 bridgehead atoms. The van der Waals surface area contributed by atoms with Gasteiger partial charge in [-0.15, -0.1) is 0 Å². The highest BCUT2D eigenvalue weighted by Crippen LogP contribution is 2.28. The zero-order valence-corrected chi connectivity index (χ0v) is 10.5. The van der Waals surface area contributed by atoms with Gasteiger partial charge in [0, 0.05) is 12.2 Å². The second-order valence-electron chi connectivity index (χ2n) is 4.56. The number of sulfonamides is 1. The van der Waals surface area contributed by atoms with Crippen molar-refractivity contribution in [1.82, 2.24) is 4.72 Å². The molecule has 1 fully saturated rings. The molecule has 1 aliphatic rings. The van der Waals surface area contributed by atoms with Gasteiger partial charge < -0.3 is 5.73 Å². The Morgan fingerprint density at radius 2 is 2.12 bits per heavy atom. The first-order valence-electron chi connectivity index (χ1n) is 5.93. The highest BCUT2D eigenvalue weighted by molar-refractivity contribution is 7.89. The van der Waals surface area contributed by atoms with Crippen LogP contribution in [0.25, 0.3) is 0 Å². The molecule has 1 aromatic carbocycles. The fraction of sp³-hybridized carbons (Fsp3) is 0.500. The molecule has 4 nitrogen and oxygen atoms in total. The van der Waals surface area contributed by atoms with E-state index in [0.29, 0.717) is 18.2 Å². The number of hydrogen-bond acceptors (Lipinski definition) is 3. The molecule has 3 N–H and O–H groups in total. The maximum atomic E-state index is 11.9. The minimum atomic E-state index is -3.39. The average molecular weight is 254 g/mol. The first-order chi connectivity index (χ1) is 8.08. The monoisotopic (exact) mass is 254 g/mol. The van der Waals surface area contributed by atoms with Crippen LogP contribution in [-0.2, 0) is 10.0 Å². The van der Waals surface area contributed by atoms with E-state index < -0.39 is 10.0 Å². The van der Waals surface area contributed by atoms with E-state index in [2.05, 4.69) is 4.72 Å². The van der Waals surface area contributed by atoms with Gasteiger partial charge in [-0.1, -0.05) is 25.3 Å². The van der Waals surface area contributed by atoms with Crippen molar-refractivity contribution in [3.8, 4) is 0 Å². The fourth-order valence-corrected chi connectivity index (χ4v) is 3.05. The molecular formula is C12H18N2O2S. The van der Waals surface area contributed by atoms with Crippen LogP contribution >= 0.6 is 0 Å². The second kappa shape index (κ2) is 5.06. The molecule has 5 heteroatoms. The number of anilines is 1. The molecule has 0 aromatic heterocycles. The quantitative estimate of drug-likeness (QED) is 0.786. The standard InChI is InChI=1S/C12H18N2O2S/c13-11-5-2-6-12(9-11)17(15,16)14-8-7-10-3-1-4-10/h2,5-6,9-10,14H,1,3-4,7-8,13H2. The van der Waals surface area contributed by atoms with Crippen molar-refractivity contribution in [1.29, 1.82) is 0 Å². The van der Waals surface area contributed by atoms with Crippen LogP contribution in [0.4, 0.5) is 5.69 Å². The summed E-state index contributed by atoms with van der Waals surface area (Å²) in [5, 5.41) is 0. The smallest absolute Gasteiger partial charge is 0.240 e. The summed E-state index contributed by atoms with van der Waals surface area (Å²) in [6.07, 6.45) is 4.69. The van der Waals surface area contributed by atoms with Crippen LogP contribution in [0.2, 0.25) is 0 Å². The van der Waals surface area contributed by atoms with E-state index >= 15 is 0 Å². The van der Waals surface area contributed by atoms with Gasteiger partial charge in [-0.2, -0.15) is 0 Å². The molecule has 0 aliphatic heterocycles. The lowest BCUT2D eigenvalue weighted by molar-refractivity contribution is 0.297. The summed E-state index contributed by atoms with van der Waals surface area (Å²) in [7, 11) is -3.39. The molecule has 0 atom stereocenters. The zero-order chi connectivity index (χ0) is 12.3. The number of benzene rings is 1. The third-order valence-corrected chi connectivity index (χ3v) is 4.70.